The van der Waals surface area contributed by atoms with E-state index in [1.807, 2.05) is 72.8 Å². The average molecular weight is 748 g/mol. The van der Waals surface area contributed by atoms with Gasteiger partial charge in [0.1, 0.15) is 18.9 Å². The Morgan fingerprint density at radius 3 is 0.579 bits per heavy atom. The number of hydrogen-bond donors (Lipinski definition) is 3. The predicted octanol–water partition coefficient (Wildman–Crippen LogP) is 7.93. The minimum Gasteiger partial charge on any atom is -0.399 e. The first-order valence-corrected chi connectivity index (χ1v) is 17.6. The van der Waals surface area contributed by atoms with Gasteiger partial charge in [0.05, 0.1) is 0 Å². The molecule has 0 fully saturated rings. The normalized spacial score (nSPS) is 10.5. The van der Waals surface area contributed by atoms with Crippen molar-refractivity contribution in [2.75, 3.05) is 17.2 Å². The van der Waals surface area contributed by atoms with Crippen molar-refractivity contribution in [1.29, 1.82) is 0 Å². The van der Waals surface area contributed by atoms with Crippen LogP contribution in [0.5, 0.6) is 0 Å². The van der Waals surface area contributed by atoms with Crippen LogP contribution in [0.25, 0.3) is 68.3 Å². The molecule has 0 saturated heterocycles. The number of carbonyl (C=O) groups is 3. The van der Waals surface area contributed by atoms with Crippen LogP contribution in [0.4, 0.5) is 17.1 Å². The Hall–Kier alpha value is -8.25. The zero-order chi connectivity index (χ0) is 39.7. The first-order valence-electron chi connectivity index (χ1n) is 17.6. The smallest absolute Gasteiger partial charge is 0.164 e. The minimum absolute atomic E-state index is 0.450. The van der Waals surface area contributed by atoms with Crippen LogP contribution in [-0.4, -0.2) is 48.8 Å². The van der Waals surface area contributed by atoms with E-state index in [4.69, 9.17) is 17.2 Å². The van der Waals surface area contributed by atoms with Crippen LogP contribution in [0.2, 0.25) is 0 Å². The third-order valence-electron chi connectivity index (χ3n) is 8.69. The highest BCUT2D eigenvalue weighted by Crippen LogP contribution is 2.27. The number of nitrogens with zero attached hydrogens (tertiary/aromatic N) is 6. The molecule has 0 spiro atoms. The van der Waals surface area contributed by atoms with Crippen molar-refractivity contribution >= 4 is 35.9 Å². The topological polar surface area (TPSA) is 207 Å². The number of aldehydes is 3. The Morgan fingerprint density at radius 2 is 0.421 bits per heavy atom. The second-order valence-electron chi connectivity index (χ2n) is 12.7. The summed E-state index contributed by atoms with van der Waals surface area (Å²) in [4.78, 5) is 60.5. The molecular weight excluding hydrogens is 715 g/mol. The summed E-state index contributed by atoms with van der Waals surface area (Å²) in [5, 5.41) is 0. The van der Waals surface area contributed by atoms with Crippen LogP contribution in [0.3, 0.4) is 0 Å². The minimum atomic E-state index is 0.450. The van der Waals surface area contributed by atoms with Gasteiger partial charge in [-0.1, -0.05) is 72.8 Å². The highest BCUT2D eigenvalue weighted by molar-refractivity contribution is 5.79. The molecule has 6 aromatic carbocycles. The van der Waals surface area contributed by atoms with E-state index in [-0.39, 0.29) is 0 Å². The van der Waals surface area contributed by atoms with Crippen LogP contribution in [0.15, 0.2) is 146 Å². The molecule has 12 nitrogen and oxygen atoms in total. The Balaban J connectivity index is 0.000000175. The lowest BCUT2D eigenvalue weighted by Gasteiger charge is -2.09. The second kappa shape index (κ2) is 16.8. The molecule has 0 aliphatic carbocycles. The standard InChI is InChI=1S/C24H15N3O3.C21H18N6/c28-13-16-1-7-19(8-2-16)22-25-23(20-9-3-17(14-29)4-10-20)27-24(26-22)21-11-5-18(15-30)6-12-21;22-16-7-1-13(2-8-16)19-25-20(14-3-9-17(23)10-4-14)27-21(26-19)15-5-11-18(24)12-6-15/h1-15H;1-12H,22-24H2. The van der Waals surface area contributed by atoms with Crippen molar-refractivity contribution in [3.8, 4) is 68.3 Å². The van der Waals surface area contributed by atoms with Gasteiger partial charge in [-0.3, -0.25) is 14.4 Å². The third-order valence-corrected chi connectivity index (χ3v) is 8.69. The SMILES string of the molecule is Nc1ccc(-c2nc(-c3ccc(N)cc3)nc(-c3ccc(N)cc3)n2)cc1.O=Cc1ccc(-c2nc(-c3ccc(C=O)cc3)nc(-c3ccc(C=O)cc3)n2)cc1. The monoisotopic (exact) mass is 747 g/mol. The lowest BCUT2D eigenvalue weighted by atomic mass is 10.1. The molecule has 8 rings (SSSR count). The van der Waals surface area contributed by atoms with Crippen molar-refractivity contribution in [3.63, 3.8) is 0 Å². The van der Waals surface area contributed by atoms with Crippen molar-refractivity contribution in [2.24, 2.45) is 0 Å². The van der Waals surface area contributed by atoms with E-state index >= 15 is 0 Å². The highest BCUT2D eigenvalue weighted by atomic mass is 16.1. The molecule has 0 saturated carbocycles. The van der Waals surface area contributed by atoms with E-state index in [9.17, 15) is 14.4 Å². The van der Waals surface area contributed by atoms with Gasteiger partial charge in [0.2, 0.25) is 0 Å². The molecule has 8 aromatic rings. The number of anilines is 3. The molecule has 12 heteroatoms. The van der Waals surface area contributed by atoms with Crippen LogP contribution >= 0.6 is 0 Å². The van der Waals surface area contributed by atoms with Crippen molar-refractivity contribution in [2.45, 2.75) is 0 Å². The number of hydrogen-bond acceptors (Lipinski definition) is 12. The number of aromatic nitrogens is 6. The molecule has 0 unspecified atom stereocenters. The second-order valence-corrected chi connectivity index (χ2v) is 12.7. The fourth-order valence-electron chi connectivity index (χ4n) is 5.56. The molecule has 0 atom stereocenters. The van der Waals surface area contributed by atoms with Crippen molar-refractivity contribution in [1.82, 2.24) is 29.9 Å². The van der Waals surface area contributed by atoms with Crippen LogP contribution in [0, 0.1) is 0 Å². The molecule has 0 radical (unpaired) electrons. The van der Waals surface area contributed by atoms with E-state index in [0.29, 0.717) is 68.7 Å². The van der Waals surface area contributed by atoms with Crippen LogP contribution in [0.1, 0.15) is 31.1 Å². The number of nitrogen functional groups attached to an aromatic ring is 3. The van der Waals surface area contributed by atoms with Gasteiger partial charge in [0, 0.05) is 67.1 Å². The van der Waals surface area contributed by atoms with Gasteiger partial charge in [-0.2, -0.15) is 0 Å². The van der Waals surface area contributed by atoms with Gasteiger partial charge >= 0.3 is 0 Å². The molecule has 57 heavy (non-hydrogen) atoms. The molecule has 6 N–H and O–H groups in total. The maximum atomic E-state index is 10.9. The Kier molecular flexibility index (Phi) is 10.9. The van der Waals surface area contributed by atoms with E-state index in [0.717, 1.165) is 52.2 Å². The van der Waals surface area contributed by atoms with Crippen molar-refractivity contribution in [3.05, 3.63) is 162 Å². The molecule has 2 heterocycles. The van der Waals surface area contributed by atoms with Gasteiger partial charge < -0.3 is 17.2 Å². The van der Waals surface area contributed by atoms with Crippen molar-refractivity contribution < 1.29 is 14.4 Å². The average Bonchev–Trinajstić information content (AvgIpc) is 3.27. The predicted molar refractivity (Wildman–Crippen MR) is 222 cm³/mol. The molecule has 0 amide bonds. The highest BCUT2D eigenvalue weighted by Gasteiger charge is 2.14. The summed E-state index contributed by atoms with van der Waals surface area (Å²) < 4.78 is 0. The number of nitrogens with two attached hydrogens (primary N) is 3. The fraction of sp³-hybridized carbons (Fsp3) is 0. The van der Waals surface area contributed by atoms with E-state index in [1.54, 1.807) is 72.8 Å². The Labute approximate surface area is 327 Å². The quantitative estimate of drug-likeness (QED) is 0.0950. The molecule has 2 aromatic heterocycles. The molecule has 0 aliphatic heterocycles. The van der Waals surface area contributed by atoms with E-state index in [1.165, 1.54) is 0 Å². The number of rotatable bonds is 9. The van der Waals surface area contributed by atoms with E-state index in [2.05, 4.69) is 29.9 Å². The zero-order valence-electron chi connectivity index (χ0n) is 30.2. The maximum Gasteiger partial charge on any atom is 0.164 e. The van der Waals surface area contributed by atoms with Crippen LogP contribution < -0.4 is 17.2 Å². The van der Waals surface area contributed by atoms with Gasteiger partial charge in [0.15, 0.2) is 34.9 Å². The summed E-state index contributed by atoms with van der Waals surface area (Å²) in [5.74, 6) is 3.07. The molecule has 0 aliphatic rings. The summed E-state index contributed by atoms with van der Waals surface area (Å²) in [6.45, 7) is 0. The molecule has 0 bridgehead atoms. The lowest BCUT2D eigenvalue weighted by molar-refractivity contribution is 0.111. The van der Waals surface area contributed by atoms with Gasteiger partial charge in [0.25, 0.3) is 0 Å². The Bertz CT molecular complexity index is 2350. The first kappa shape index (κ1) is 37.1. The maximum absolute atomic E-state index is 10.9. The largest absolute Gasteiger partial charge is 0.399 e. The summed E-state index contributed by atoms with van der Waals surface area (Å²) in [5.41, 5.74) is 25.9. The summed E-state index contributed by atoms with van der Waals surface area (Å²) >= 11 is 0. The molecular formula is C45H33N9O3. The van der Waals surface area contributed by atoms with Gasteiger partial charge in [-0.15, -0.1) is 0 Å². The summed E-state index contributed by atoms with van der Waals surface area (Å²) in [6, 6.07) is 43.1. The van der Waals surface area contributed by atoms with Gasteiger partial charge in [-0.05, 0) is 72.8 Å². The Morgan fingerprint density at radius 1 is 0.263 bits per heavy atom. The van der Waals surface area contributed by atoms with Crippen LogP contribution in [-0.2, 0) is 0 Å². The number of benzene rings is 6. The first-order chi connectivity index (χ1) is 27.8. The van der Waals surface area contributed by atoms with Gasteiger partial charge in [-0.25, -0.2) is 29.9 Å². The van der Waals surface area contributed by atoms with E-state index < -0.39 is 0 Å². The zero-order valence-corrected chi connectivity index (χ0v) is 30.2. The summed E-state index contributed by atoms with van der Waals surface area (Å²) in [6.07, 6.45) is 2.33. The third kappa shape index (κ3) is 8.94. The summed E-state index contributed by atoms with van der Waals surface area (Å²) in [7, 11) is 0. The molecule has 276 valence electrons. The number of carbonyl (C=O) groups excluding carboxylic acids is 3. The fourth-order valence-corrected chi connectivity index (χ4v) is 5.56. The lowest BCUT2D eigenvalue weighted by Crippen LogP contribution is -2.00.